The molecule has 1 amide bonds. The van der Waals surface area contributed by atoms with Crippen LogP contribution in [0.4, 0.5) is 0 Å². The van der Waals surface area contributed by atoms with Crippen LogP contribution in [0.25, 0.3) is 17.1 Å². The van der Waals surface area contributed by atoms with E-state index >= 15 is 0 Å². The van der Waals surface area contributed by atoms with Crippen molar-refractivity contribution in [3.8, 4) is 17.1 Å². The van der Waals surface area contributed by atoms with Crippen molar-refractivity contribution in [2.45, 2.75) is 44.1 Å². The first kappa shape index (κ1) is 26.6. The topological polar surface area (TPSA) is 171 Å². The molecule has 6 N–H and O–H groups in total. The van der Waals surface area contributed by atoms with E-state index in [4.69, 9.17) is 10.2 Å². The monoisotopic (exact) mass is 555 g/mol. The third-order valence-corrected chi connectivity index (χ3v) is 8.61. The maximum absolute atomic E-state index is 13.7. The van der Waals surface area contributed by atoms with Crippen molar-refractivity contribution < 1.29 is 39.2 Å². The van der Waals surface area contributed by atoms with Crippen LogP contribution in [0.5, 0.6) is 5.75 Å². The van der Waals surface area contributed by atoms with E-state index in [-0.39, 0.29) is 36.1 Å². The van der Waals surface area contributed by atoms with Gasteiger partial charge in [-0.05, 0) is 67.0 Å². The number of furan rings is 1. The molecule has 0 aliphatic heterocycles. The number of benzene rings is 2. The van der Waals surface area contributed by atoms with Crippen LogP contribution in [0.2, 0.25) is 0 Å². The fourth-order valence-corrected chi connectivity index (χ4v) is 6.62. The Balaban J connectivity index is 1.35. The third-order valence-electron chi connectivity index (χ3n) is 8.61. The number of carbonyl (C=O) groups is 3. The maximum atomic E-state index is 13.7. The van der Waals surface area contributed by atoms with Gasteiger partial charge in [0.1, 0.15) is 34.4 Å². The summed E-state index contributed by atoms with van der Waals surface area (Å²) in [6, 6.07) is 17.0. The van der Waals surface area contributed by atoms with Crippen LogP contribution in [-0.2, 0) is 33.6 Å². The van der Waals surface area contributed by atoms with Crippen LogP contribution in [0.3, 0.4) is 0 Å². The van der Waals surface area contributed by atoms with Crippen molar-refractivity contribution in [3.63, 3.8) is 0 Å². The van der Waals surface area contributed by atoms with Gasteiger partial charge in [0.2, 0.25) is 5.78 Å². The number of aromatic hydroxyl groups is 1. The summed E-state index contributed by atoms with van der Waals surface area (Å²) in [4.78, 5) is 38.0. The molecular formula is C32H29NO8. The van der Waals surface area contributed by atoms with Gasteiger partial charge in [0, 0.05) is 29.9 Å². The summed E-state index contributed by atoms with van der Waals surface area (Å²) in [7, 11) is 0. The highest BCUT2D eigenvalue weighted by atomic mass is 16.4. The number of Topliss-reactive ketones (excluding diaryl/α,β-unsaturated/α-hetero) is 2. The lowest BCUT2D eigenvalue weighted by Crippen LogP contribution is -2.58. The lowest BCUT2D eigenvalue weighted by Gasteiger charge is -2.46. The largest absolute Gasteiger partial charge is 0.508 e. The number of carbonyl (C=O) groups excluding carboxylic acids is 3. The summed E-state index contributed by atoms with van der Waals surface area (Å²) in [6.45, 7) is 0. The summed E-state index contributed by atoms with van der Waals surface area (Å²) in [5.74, 6) is -5.19. The van der Waals surface area contributed by atoms with E-state index in [1.54, 1.807) is 6.07 Å². The molecule has 210 valence electrons. The number of primary amides is 1. The molecule has 0 radical (unpaired) electrons. The predicted octanol–water partition coefficient (Wildman–Crippen LogP) is 3.86. The number of hydrogen-bond donors (Lipinski definition) is 5. The van der Waals surface area contributed by atoms with Gasteiger partial charge in [-0.2, -0.15) is 0 Å². The number of aliphatic hydroxyl groups excluding tert-OH is 2. The molecule has 9 nitrogen and oxygen atoms in total. The quantitative estimate of drug-likeness (QED) is 0.285. The Kier molecular flexibility index (Phi) is 6.34. The number of nitrogens with two attached hydrogens (primary N) is 1. The molecule has 3 aromatic rings. The highest BCUT2D eigenvalue weighted by molar-refractivity contribution is 6.22. The standard InChI is InChI=1S/C32H29NO8/c33-31(39)27-23(35)15-18-13-17-14-21-20(24-12-9-19(41-24)8-4-7-16-5-2-1-3-6-16)10-11-22(34)26(21)28(36)25(17)29(37)32(18,40)30(27)38/h1-3,5-6,9-12,17-18,34,36,38,40H,4,7-8,13-15H2,(H2,33,39)/t17-,18+,32+/m1/s1. The summed E-state index contributed by atoms with van der Waals surface area (Å²) in [5.41, 5.74) is 4.17. The van der Waals surface area contributed by atoms with E-state index in [9.17, 15) is 34.8 Å². The molecular weight excluding hydrogens is 526 g/mol. The number of fused-ring (bicyclic) bond motifs is 3. The molecule has 2 aromatic carbocycles. The van der Waals surface area contributed by atoms with Gasteiger partial charge in [-0.3, -0.25) is 14.4 Å². The van der Waals surface area contributed by atoms with Crippen molar-refractivity contribution in [2.24, 2.45) is 17.6 Å². The summed E-state index contributed by atoms with van der Waals surface area (Å²) >= 11 is 0. The molecule has 0 unspecified atom stereocenters. The number of phenolic OH excluding ortho intramolecular Hbond substituents is 1. The van der Waals surface area contributed by atoms with Crippen molar-refractivity contribution in [1.82, 2.24) is 0 Å². The van der Waals surface area contributed by atoms with Gasteiger partial charge in [-0.15, -0.1) is 0 Å². The van der Waals surface area contributed by atoms with Crippen LogP contribution in [0, 0.1) is 11.8 Å². The fraction of sp³-hybridized carbons (Fsp3) is 0.281. The molecule has 0 bridgehead atoms. The van der Waals surface area contributed by atoms with Crippen molar-refractivity contribution in [2.75, 3.05) is 0 Å². The average Bonchev–Trinajstić information content (AvgIpc) is 3.40. The first-order chi connectivity index (χ1) is 19.6. The fourth-order valence-electron chi connectivity index (χ4n) is 6.62. The summed E-state index contributed by atoms with van der Waals surface area (Å²) < 4.78 is 6.16. The van der Waals surface area contributed by atoms with Gasteiger partial charge in [0.15, 0.2) is 11.4 Å². The average molecular weight is 556 g/mol. The second-order valence-corrected chi connectivity index (χ2v) is 11.0. The minimum absolute atomic E-state index is 0.0386. The van der Waals surface area contributed by atoms with E-state index < -0.39 is 52.0 Å². The lowest BCUT2D eigenvalue weighted by molar-refractivity contribution is -0.147. The first-order valence-corrected chi connectivity index (χ1v) is 13.6. The molecule has 9 heteroatoms. The molecule has 0 spiro atoms. The number of amides is 1. The van der Waals surface area contributed by atoms with Gasteiger partial charge < -0.3 is 30.6 Å². The zero-order valence-corrected chi connectivity index (χ0v) is 22.1. The number of phenols is 1. The molecule has 3 aliphatic carbocycles. The van der Waals surface area contributed by atoms with E-state index in [2.05, 4.69) is 12.1 Å². The molecule has 1 aromatic heterocycles. The molecule has 1 saturated carbocycles. The number of rotatable bonds is 6. The van der Waals surface area contributed by atoms with Crippen molar-refractivity contribution in [1.29, 1.82) is 0 Å². The van der Waals surface area contributed by atoms with E-state index in [1.165, 1.54) is 11.6 Å². The van der Waals surface area contributed by atoms with Crippen molar-refractivity contribution >= 4 is 23.2 Å². The minimum atomic E-state index is -2.58. The predicted molar refractivity (Wildman–Crippen MR) is 148 cm³/mol. The Morgan fingerprint density at radius 1 is 0.976 bits per heavy atom. The number of ketones is 2. The number of aliphatic hydroxyl groups is 3. The van der Waals surface area contributed by atoms with E-state index in [0.717, 1.165) is 25.0 Å². The van der Waals surface area contributed by atoms with Gasteiger partial charge >= 0.3 is 0 Å². The smallest absolute Gasteiger partial charge is 0.255 e. The van der Waals surface area contributed by atoms with E-state index in [0.29, 0.717) is 16.9 Å². The third kappa shape index (κ3) is 4.15. The molecule has 1 fully saturated rings. The lowest BCUT2D eigenvalue weighted by atomic mass is 9.59. The van der Waals surface area contributed by atoms with Crippen LogP contribution in [-0.4, -0.2) is 43.5 Å². The Bertz CT molecular complexity index is 1660. The number of aryl methyl sites for hydroxylation is 2. The van der Waals surface area contributed by atoms with Gasteiger partial charge in [-0.1, -0.05) is 30.3 Å². The first-order valence-electron chi connectivity index (χ1n) is 13.6. The second-order valence-electron chi connectivity index (χ2n) is 11.0. The molecule has 3 aliphatic rings. The van der Waals surface area contributed by atoms with Crippen LogP contribution in [0.15, 0.2) is 75.9 Å². The summed E-state index contributed by atoms with van der Waals surface area (Å²) in [5, 5.41) is 44.1. The zero-order chi connectivity index (χ0) is 29.1. The number of hydrogen-bond acceptors (Lipinski definition) is 8. The minimum Gasteiger partial charge on any atom is -0.508 e. The van der Waals surface area contributed by atoms with Gasteiger partial charge in [0.05, 0.1) is 5.56 Å². The molecule has 1 heterocycles. The highest BCUT2D eigenvalue weighted by Gasteiger charge is 2.60. The Morgan fingerprint density at radius 2 is 1.73 bits per heavy atom. The Hall–Kier alpha value is -4.63. The molecule has 3 atom stereocenters. The highest BCUT2D eigenvalue weighted by Crippen LogP contribution is 2.53. The van der Waals surface area contributed by atoms with Crippen molar-refractivity contribution in [3.05, 3.63) is 94.0 Å². The SMILES string of the molecule is NC(=O)C1=C(O)[C@@]2(O)C(=O)C3=C(O)c4c(O)ccc(-c5ccc(CCCc6ccccc6)o5)c4C[C@H]3C[C@H]2CC1=O. The Labute approximate surface area is 235 Å². The van der Waals surface area contributed by atoms with Crippen LogP contribution >= 0.6 is 0 Å². The molecule has 41 heavy (non-hydrogen) atoms. The zero-order valence-electron chi connectivity index (χ0n) is 22.1. The van der Waals surface area contributed by atoms with Crippen LogP contribution < -0.4 is 5.73 Å². The second kappa shape index (κ2) is 9.78. The molecule has 6 rings (SSSR count). The molecule has 0 saturated heterocycles. The van der Waals surface area contributed by atoms with Gasteiger partial charge in [0.25, 0.3) is 5.91 Å². The van der Waals surface area contributed by atoms with Gasteiger partial charge in [-0.25, -0.2) is 0 Å². The Morgan fingerprint density at radius 3 is 2.46 bits per heavy atom. The van der Waals surface area contributed by atoms with Crippen LogP contribution in [0.1, 0.15) is 41.7 Å². The summed E-state index contributed by atoms with van der Waals surface area (Å²) in [6.07, 6.45) is 2.44. The van der Waals surface area contributed by atoms with E-state index in [1.807, 2.05) is 30.3 Å². The normalized spacial score (nSPS) is 23.7. The maximum Gasteiger partial charge on any atom is 0.255 e.